The molecule has 0 atom stereocenters. The van der Waals surface area contributed by atoms with Gasteiger partial charge in [0.25, 0.3) is 0 Å². The van der Waals surface area contributed by atoms with Crippen molar-refractivity contribution in [1.82, 2.24) is 20.0 Å². The molecule has 3 rings (SSSR count). The van der Waals surface area contributed by atoms with Crippen molar-refractivity contribution in [3.8, 4) is 0 Å². The first kappa shape index (κ1) is 20.6. The molecule has 1 aromatic carbocycles. The van der Waals surface area contributed by atoms with Gasteiger partial charge in [-0.2, -0.15) is 0 Å². The van der Waals surface area contributed by atoms with Crippen LogP contribution in [0.25, 0.3) is 0 Å². The average molecular weight is 393 g/mol. The lowest BCUT2D eigenvalue weighted by molar-refractivity contribution is -0.134. The molecule has 2 fully saturated rings. The van der Waals surface area contributed by atoms with Crippen molar-refractivity contribution in [2.75, 3.05) is 59.4 Å². The molecule has 0 saturated carbocycles. The first-order chi connectivity index (χ1) is 13.1. The molecule has 2 heterocycles. The van der Waals surface area contributed by atoms with Crippen molar-refractivity contribution in [3.63, 3.8) is 0 Å². The van der Waals surface area contributed by atoms with Crippen molar-refractivity contribution >= 4 is 17.5 Å². The van der Waals surface area contributed by atoms with Gasteiger partial charge in [0.2, 0.25) is 5.91 Å². The highest BCUT2D eigenvalue weighted by atomic mass is 35.5. The molecule has 2 aliphatic rings. The first-order valence-corrected chi connectivity index (χ1v) is 10.6. The third-order valence-electron chi connectivity index (χ3n) is 5.89. The summed E-state index contributed by atoms with van der Waals surface area (Å²) in [4.78, 5) is 19.5. The number of benzene rings is 1. The summed E-state index contributed by atoms with van der Waals surface area (Å²) in [5, 5.41) is 4.03. The number of rotatable bonds is 7. The Bertz CT molecular complexity index is 596. The topological polar surface area (TPSA) is 38.8 Å². The third-order valence-corrected chi connectivity index (χ3v) is 6.12. The zero-order valence-electron chi connectivity index (χ0n) is 16.5. The fourth-order valence-corrected chi connectivity index (χ4v) is 4.33. The minimum absolute atomic E-state index is 0.297. The minimum atomic E-state index is 0.297. The predicted octanol–water partition coefficient (Wildman–Crippen LogP) is 2.31. The van der Waals surface area contributed by atoms with Crippen LogP contribution in [0.1, 0.15) is 24.8 Å². The van der Waals surface area contributed by atoms with E-state index in [0.717, 1.165) is 63.3 Å². The Morgan fingerprint density at radius 1 is 1.11 bits per heavy atom. The standard InChI is InChI=1S/C21H33ClN4O/c1-23-8-5-18-6-9-24(10-7-18)17-21(27)26-13-11-25(12-14-26)16-19-3-2-4-20(22)15-19/h2-4,15,18,23H,5-14,16-17H2,1H3. The summed E-state index contributed by atoms with van der Waals surface area (Å²) < 4.78 is 0. The molecular formula is C21H33ClN4O. The summed E-state index contributed by atoms with van der Waals surface area (Å²) in [5.74, 6) is 1.12. The van der Waals surface area contributed by atoms with Crippen molar-refractivity contribution in [1.29, 1.82) is 0 Å². The van der Waals surface area contributed by atoms with Crippen LogP contribution in [0.4, 0.5) is 0 Å². The van der Waals surface area contributed by atoms with E-state index < -0.39 is 0 Å². The second kappa shape index (κ2) is 10.4. The van der Waals surface area contributed by atoms with Gasteiger partial charge in [0.05, 0.1) is 6.54 Å². The number of amides is 1. The molecule has 6 heteroatoms. The average Bonchev–Trinajstić information content (AvgIpc) is 2.68. The molecule has 0 unspecified atom stereocenters. The second-order valence-corrected chi connectivity index (χ2v) is 8.34. The summed E-state index contributed by atoms with van der Waals surface area (Å²) >= 11 is 6.07. The van der Waals surface area contributed by atoms with Crippen molar-refractivity contribution < 1.29 is 4.79 Å². The summed E-state index contributed by atoms with van der Waals surface area (Å²) in [6.07, 6.45) is 3.71. The SMILES string of the molecule is CNCCC1CCN(CC(=O)N2CCN(Cc3cccc(Cl)c3)CC2)CC1. The van der Waals surface area contributed by atoms with Gasteiger partial charge in [-0.05, 0) is 69.6 Å². The van der Waals surface area contributed by atoms with E-state index in [1.807, 2.05) is 30.1 Å². The van der Waals surface area contributed by atoms with Crippen LogP contribution in [0.2, 0.25) is 5.02 Å². The molecule has 0 radical (unpaired) electrons. The van der Waals surface area contributed by atoms with E-state index in [1.54, 1.807) is 0 Å². The van der Waals surface area contributed by atoms with E-state index in [2.05, 4.69) is 21.2 Å². The van der Waals surface area contributed by atoms with Gasteiger partial charge in [0, 0.05) is 37.7 Å². The van der Waals surface area contributed by atoms with Gasteiger partial charge >= 0.3 is 0 Å². The van der Waals surface area contributed by atoms with Crippen LogP contribution in [0.3, 0.4) is 0 Å². The molecule has 1 amide bonds. The highest BCUT2D eigenvalue weighted by Gasteiger charge is 2.25. The molecule has 150 valence electrons. The lowest BCUT2D eigenvalue weighted by Gasteiger charge is -2.37. The summed E-state index contributed by atoms with van der Waals surface area (Å²) in [6.45, 7) is 8.26. The van der Waals surface area contributed by atoms with E-state index in [-0.39, 0.29) is 0 Å². The maximum Gasteiger partial charge on any atom is 0.236 e. The number of piperidine rings is 1. The lowest BCUT2D eigenvalue weighted by atomic mass is 9.93. The molecule has 0 spiro atoms. The molecule has 1 N–H and O–H groups in total. The van der Waals surface area contributed by atoms with E-state index >= 15 is 0 Å². The third kappa shape index (κ3) is 6.46. The van der Waals surface area contributed by atoms with Crippen LogP contribution in [-0.4, -0.2) is 80.0 Å². The number of carbonyl (C=O) groups is 1. The second-order valence-electron chi connectivity index (χ2n) is 7.90. The summed E-state index contributed by atoms with van der Waals surface area (Å²) in [6, 6.07) is 8.05. The van der Waals surface area contributed by atoms with Crippen LogP contribution in [-0.2, 0) is 11.3 Å². The molecular weight excluding hydrogens is 360 g/mol. The van der Waals surface area contributed by atoms with Crippen LogP contribution in [0.5, 0.6) is 0 Å². The van der Waals surface area contributed by atoms with Crippen molar-refractivity contribution in [2.24, 2.45) is 5.92 Å². The zero-order chi connectivity index (χ0) is 19.1. The number of hydrogen-bond donors (Lipinski definition) is 1. The Morgan fingerprint density at radius 3 is 2.52 bits per heavy atom. The van der Waals surface area contributed by atoms with Gasteiger partial charge in [-0.3, -0.25) is 14.6 Å². The summed E-state index contributed by atoms with van der Waals surface area (Å²) in [7, 11) is 2.02. The van der Waals surface area contributed by atoms with Crippen LogP contribution in [0.15, 0.2) is 24.3 Å². The lowest BCUT2D eigenvalue weighted by Crippen LogP contribution is -2.51. The van der Waals surface area contributed by atoms with E-state index in [0.29, 0.717) is 12.5 Å². The van der Waals surface area contributed by atoms with E-state index in [9.17, 15) is 4.79 Å². The van der Waals surface area contributed by atoms with Gasteiger partial charge in [-0.15, -0.1) is 0 Å². The molecule has 2 aliphatic heterocycles. The number of piperazine rings is 1. The Labute approximate surface area is 168 Å². The Balaban J connectivity index is 1.36. The number of likely N-dealkylation sites (tertiary alicyclic amines) is 1. The van der Waals surface area contributed by atoms with Gasteiger partial charge in [-0.25, -0.2) is 0 Å². The Hall–Kier alpha value is -1.14. The van der Waals surface area contributed by atoms with Crippen LogP contribution in [0, 0.1) is 5.92 Å². The first-order valence-electron chi connectivity index (χ1n) is 10.3. The smallest absolute Gasteiger partial charge is 0.236 e. The van der Waals surface area contributed by atoms with Crippen LogP contribution >= 0.6 is 11.6 Å². The van der Waals surface area contributed by atoms with Crippen molar-refractivity contribution in [2.45, 2.75) is 25.8 Å². The van der Waals surface area contributed by atoms with Crippen LogP contribution < -0.4 is 5.32 Å². The van der Waals surface area contributed by atoms with Gasteiger partial charge < -0.3 is 10.2 Å². The molecule has 5 nitrogen and oxygen atoms in total. The minimum Gasteiger partial charge on any atom is -0.339 e. The van der Waals surface area contributed by atoms with Gasteiger partial charge in [0.1, 0.15) is 0 Å². The molecule has 0 bridgehead atoms. The largest absolute Gasteiger partial charge is 0.339 e. The quantitative estimate of drug-likeness (QED) is 0.772. The highest BCUT2D eigenvalue weighted by molar-refractivity contribution is 6.30. The fraction of sp³-hybridized carbons (Fsp3) is 0.667. The van der Waals surface area contributed by atoms with Gasteiger partial charge in [-0.1, -0.05) is 23.7 Å². The maximum absolute atomic E-state index is 12.7. The molecule has 0 aromatic heterocycles. The fourth-order valence-electron chi connectivity index (χ4n) is 4.12. The Morgan fingerprint density at radius 2 is 1.85 bits per heavy atom. The summed E-state index contributed by atoms with van der Waals surface area (Å²) in [5.41, 5.74) is 1.24. The maximum atomic E-state index is 12.7. The van der Waals surface area contributed by atoms with Crippen molar-refractivity contribution in [3.05, 3.63) is 34.9 Å². The predicted molar refractivity (Wildman–Crippen MR) is 111 cm³/mol. The molecule has 27 heavy (non-hydrogen) atoms. The van der Waals surface area contributed by atoms with Gasteiger partial charge in [0.15, 0.2) is 0 Å². The highest BCUT2D eigenvalue weighted by Crippen LogP contribution is 2.20. The number of halogens is 1. The van der Waals surface area contributed by atoms with E-state index in [4.69, 9.17) is 11.6 Å². The van der Waals surface area contributed by atoms with E-state index in [1.165, 1.54) is 24.8 Å². The zero-order valence-corrected chi connectivity index (χ0v) is 17.3. The normalized spacial score (nSPS) is 20.1. The molecule has 2 saturated heterocycles. The Kier molecular flexibility index (Phi) is 7.94. The molecule has 0 aliphatic carbocycles. The number of carbonyl (C=O) groups excluding carboxylic acids is 1. The monoisotopic (exact) mass is 392 g/mol. The number of nitrogens with one attached hydrogen (secondary N) is 1. The number of nitrogens with zero attached hydrogens (tertiary/aromatic N) is 3. The molecule has 1 aromatic rings. The number of hydrogen-bond acceptors (Lipinski definition) is 4.